The van der Waals surface area contributed by atoms with Gasteiger partial charge in [-0.25, -0.2) is 4.39 Å². The normalized spacial score (nSPS) is 11.5. The maximum absolute atomic E-state index is 13.9. The highest BCUT2D eigenvalue weighted by Crippen LogP contribution is 2.24. The van der Waals surface area contributed by atoms with Crippen molar-refractivity contribution in [2.75, 3.05) is 11.9 Å². The number of rotatable bonds is 4. The van der Waals surface area contributed by atoms with Crippen molar-refractivity contribution >= 4 is 27.5 Å². The predicted octanol–water partition coefficient (Wildman–Crippen LogP) is 3.32. The molecule has 0 bridgehead atoms. The molecular formula is C15H15BrFN3O. The highest BCUT2D eigenvalue weighted by Gasteiger charge is 2.16. The van der Waals surface area contributed by atoms with Crippen LogP contribution in [0.15, 0.2) is 52.1 Å². The van der Waals surface area contributed by atoms with E-state index in [1.165, 1.54) is 6.07 Å². The average Bonchev–Trinajstić information content (AvgIpc) is 2.46. The lowest BCUT2D eigenvalue weighted by Crippen LogP contribution is -2.23. The quantitative estimate of drug-likeness (QED) is 0.384. The van der Waals surface area contributed by atoms with E-state index in [1.54, 1.807) is 12.1 Å². The molecule has 0 unspecified atom stereocenters. The fourth-order valence-electron chi connectivity index (χ4n) is 2.13. The number of nitrogens with zero attached hydrogens (tertiary/aromatic N) is 2. The van der Waals surface area contributed by atoms with Gasteiger partial charge >= 0.3 is 0 Å². The van der Waals surface area contributed by atoms with Gasteiger partial charge in [0.05, 0.1) is 11.3 Å². The lowest BCUT2D eigenvalue weighted by atomic mass is 10.1. The molecule has 0 heterocycles. The van der Waals surface area contributed by atoms with Crippen molar-refractivity contribution in [2.24, 2.45) is 10.9 Å². The highest BCUT2D eigenvalue weighted by molar-refractivity contribution is 9.10. The Morgan fingerprint density at radius 3 is 2.71 bits per heavy atom. The third-order valence-electron chi connectivity index (χ3n) is 3.08. The first kappa shape index (κ1) is 15.3. The lowest BCUT2D eigenvalue weighted by Gasteiger charge is -2.22. The van der Waals surface area contributed by atoms with Crippen molar-refractivity contribution in [3.63, 3.8) is 0 Å². The summed E-state index contributed by atoms with van der Waals surface area (Å²) >= 11 is 3.42. The van der Waals surface area contributed by atoms with Crippen LogP contribution in [0, 0.1) is 5.82 Å². The Kier molecular flexibility index (Phi) is 4.80. The SMILES string of the molecule is CN(Cc1cccc(Br)c1)c1cccc(F)c1C(N)=NO. The zero-order valence-electron chi connectivity index (χ0n) is 11.4. The second-order valence-corrected chi connectivity index (χ2v) is 5.52. The highest BCUT2D eigenvalue weighted by atomic mass is 79.9. The van der Waals surface area contributed by atoms with Gasteiger partial charge in [-0.15, -0.1) is 0 Å². The van der Waals surface area contributed by atoms with Gasteiger partial charge in [0.25, 0.3) is 0 Å². The molecule has 2 aromatic rings. The molecular weight excluding hydrogens is 337 g/mol. The molecule has 110 valence electrons. The summed E-state index contributed by atoms with van der Waals surface area (Å²) < 4.78 is 14.9. The first-order chi connectivity index (χ1) is 10.0. The van der Waals surface area contributed by atoms with Crippen LogP contribution in [0.2, 0.25) is 0 Å². The third-order valence-corrected chi connectivity index (χ3v) is 3.57. The first-order valence-corrected chi connectivity index (χ1v) is 7.04. The van der Waals surface area contributed by atoms with Gasteiger partial charge in [0.1, 0.15) is 5.82 Å². The van der Waals surface area contributed by atoms with Crippen LogP contribution >= 0.6 is 15.9 Å². The Bertz CT molecular complexity index is 676. The molecule has 0 atom stereocenters. The minimum Gasteiger partial charge on any atom is -0.409 e. The number of benzene rings is 2. The minimum atomic E-state index is -0.524. The number of hydrogen-bond donors (Lipinski definition) is 2. The molecule has 0 aliphatic carbocycles. The summed E-state index contributed by atoms with van der Waals surface area (Å²) in [6.45, 7) is 0.564. The second kappa shape index (κ2) is 6.58. The van der Waals surface area contributed by atoms with Gasteiger partial charge in [-0.1, -0.05) is 39.3 Å². The average molecular weight is 352 g/mol. The Morgan fingerprint density at radius 2 is 2.05 bits per heavy atom. The van der Waals surface area contributed by atoms with Gasteiger partial charge in [-0.2, -0.15) is 0 Å². The zero-order valence-corrected chi connectivity index (χ0v) is 13.0. The standard InChI is InChI=1S/C15H15BrFN3O/c1-20(9-10-4-2-5-11(16)8-10)13-7-3-6-12(17)14(13)15(18)19-21/h2-8,21H,9H2,1H3,(H2,18,19). The molecule has 3 N–H and O–H groups in total. The lowest BCUT2D eigenvalue weighted by molar-refractivity contribution is 0.318. The Labute approximate surface area is 130 Å². The van der Waals surface area contributed by atoms with Gasteiger partial charge in [0.2, 0.25) is 0 Å². The molecule has 0 amide bonds. The Balaban J connectivity index is 2.35. The maximum Gasteiger partial charge on any atom is 0.175 e. The van der Waals surface area contributed by atoms with E-state index in [-0.39, 0.29) is 11.4 Å². The summed E-state index contributed by atoms with van der Waals surface area (Å²) in [6, 6.07) is 12.4. The number of oxime groups is 1. The molecule has 6 heteroatoms. The Hall–Kier alpha value is -2.08. The van der Waals surface area contributed by atoms with Crippen LogP contribution in [0.5, 0.6) is 0 Å². The summed E-state index contributed by atoms with van der Waals surface area (Å²) in [5.74, 6) is -0.770. The van der Waals surface area contributed by atoms with Crippen LogP contribution in [0.25, 0.3) is 0 Å². The molecule has 0 aromatic heterocycles. The van der Waals surface area contributed by atoms with Crippen LogP contribution in [0.4, 0.5) is 10.1 Å². The fraction of sp³-hybridized carbons (Fsp3) is 0.133. The molecule has 4 nitrogen and oxygen atoms in total. The van der Waals surface area contributed by atoms with Gasteiger partial charge in [0, 0.05) is 18.1 Å². The van der Waals surface area contributed by atoms with Gasteiger partial charge < -0.3 is 15.8 Å². The van der Waals surface area contributed by atoms with E-state index in [2.05, 4.69) is 21.1 Å². The summed E-state index contributed by atoms with van der Waals surface area (Å²) in [5, 5.41) is 11.7. The van der Waals surface area contributed by atoms with Crippen molar-refractivity contribution in [2.45, 2.75) is 6.54 Å². The number of hydrogen-bond acceptors (Lipinski definition) is 3. The molecule has 21 heavy (non-hydrogen) atoms. The number of amidine groups is 1. The monoisotopic (exact) mass is 351 g/mol. The van der Waals surface area contributed by atoms with Crippen LogP contribution in [0.3, 0.4) is 0 Å². The molecule has 2 aromatic carbocycles. The van der Waals surface area contributed by atoms with Crippen LogP contribution in [-0.4, -0.2) is 18.1 Å². The van der Waals surface area contributed by atoms with Crippen molar-refractivity contribution in [3.05, 3.63) is 63.9 Å². The van der Waals surface area contributed by atoms with Crippen LogP contribution in [0.1, 0.15) is 11.1 Å². The summed E-state index contributed by atoms with van der Waals surface area (Å²) in [6.07, 6.45) is 0. The topological polar surface area (TPSA) is 61.8 Å². The smallest absolute Gasteiger partial charge is 0.175 e. The molecule has 0 radical (unpaired) electrons. The number of halogens is 2. The van der Waals surface area contributed by atoms with E-state index < -0.39 is 5.82 Å². The number of anilines is 1. The number of nitrogens with two attached hydrogens (primary N) is 1. The molecule has 0 aliphatic rings. The Morgan fingerprint density at radius 1 is 1.33 bits per heavy atom. The van der Waals surface area contributed by atoms with E-state index in [0.29, 0.717) is 12.2 Å². The van der Waals surface area contributed by atoms with Crippen LogP contribution < -0.4 is 10.6 Å². The fourth-order valence-corrected chi connectivity index (χ4v) is 2.58. The molecule has 0 saturated heterocycles. The second-order valence-electron chi connectivity index (χ2n) is 4.61. The third kappa shape index (κ3) is 3.52. The van der Waals surface area contributed by atoms with Gasteiger partial charge in [-0.05, 0) is 29.8 Å². The van der Waals surface area contributed by atoms with Crippen molar-refractivity contribution in [1.29, 1.82) is 0 Å². The van der Waals surface area contributed by atoms with Gasteiger partial charge in [0.15, 0.2) is 5.84 Å². The summed E-state index contributed by atoms with van der Waals surface area (Å²) in [4.78, 5) is 1.85. The molecule has 2 rings (SSSR count). The molecule has 0 saturated carbocycles. The van der Waals surface area contributed by atoms with E-state index in [9.17, 15) is 4.39 Å². The summed E-state index contributed by atoms with van der Waals surface area (Å²) in [5.41, 5.74) is 7.29. The largest absolute Gasteiger partial charge is 0.409 e. The van der Waals surface area contributed by atoms with E-state index >= 15 is 0 Å². The van der Waals surface area contributed by atoms with Crippen molar-refractivity contribution in [3.8, 4) is 0 Å². The van der Waals surface area contributed by atoms with E-state index in [4.69, 9.17) is 10.9 Å². The van der Waals surface area contributed by atoms with Crippen molar-refractivity contribution < 1.29 is 9.60 Å². The first-order valence-electron chi connectivity index (χ1n) is 6.25. The predicted molar refractivity (Wildman–Crippen MR) is 85.2 cm³/mol. The van der Waals surface area contributed by atoms with E-state index in [0.717, 1.165) is 10.0 Å². The zero-order chi connectivity index (χ0) is 15.4. The minimum absolute atomic E-state index is 0.0949. The molecule has 0 fully saturated rings. The molecule has 0 spiro atoms. The van der Waals surface area contributed by atoms with E-state index in [1.807, 2.05) is 36.2 Å². The maximum atomic E-state index is 13.9. The van der Waals surface area contributed by atoms with Crippen molar-refractivity contribution in [1.82, 2.24) is 0 Å². The van der Waals surface area contributed by atoms with Gasteiger partial charge in [-0.3, -0.25) is 0 Å². The molecule has 0 aliphatic heterocycles. The summed E-state index contributed by atoms with van der Waals surface area (Å²) in [7, 11) is 1.82. The van der Waals surface area contributed by atoms with Crippen LogP contribution in [-0.2, 0) is 6.54 Å².